The quantitative estimate of drug-likeness (QED) is 0.0851. The van der Waals surface area contributed by atoms with Gasteiger partial charge >= 0.3 is 5.97 Å². The van der Waals surface area contributed by atoms with Gasteiger partial charge < -0.3 is 51.6 Å². The zero-order valence-electron chi connectivity index (χ0n) is 31.5. The summed E-state index contributed by atoms with van der Waals surface area (Å²) in [6, 6.07) is 3.89. The van der Waals surface area contributed by atoms with Gasteiger partial charge in [-0.15, -0.1) is 0 Å². The van der Waals surface area contributed by atoms with E-state index in [-0.39, 0.29) is 54.8 Å². The van der Waals surface area contributed by atoms with E-state index >= 15 is 0 Å². The Balaban J connectivity index is 1.61. The molecule has 4 aliphatic rings. The number of aliphatic hydroxyl groups excluding tert-OH is 3. The number of fused-ring (bicyclic) bond motifs is 5. The first-order valence-electron chi connectivity index (χ1n) is 19.6. The second-order valence-corrected chi connectivity index (χ2v) is 15.9. The van der Waals surface area contributed by atoms with Crippen LogP contribution in [0.4, 0.5) is 0 Å². The average molecular weight is 726 g/mol. The third-order valence-electron chi connectivity index (χ3n) is 12.2. The minimum atomic E-state index is -0.935. The van der Waals surface area contributed by atoms with E-state index in [4.69, 9.17) is 15.2 Å². The fourth-order valence-electron chi connectivity index (χ4n) is 8.93. The Kier molecular flexibility index (Phi) is 14.1. The second kappa shape index (κ2) is 18.3. The predicted octanol–water partition coefficient (Wildman–Crippen LogP) is 3.02. The molecule has 12 nitrogen and oxygen atoms in total. The number of phenols is 1. The number of carbonyl (C=O) groups excluding carboxylic acids is 1. The normalized spacial score (nSPS) is 32.6. The number of nitrogens with zero attached hydrogens (tertiary/aromatic N) is 1. The summed E-state index contributed by atoms with van der Waals surface area (Å²) < 4.78 is 12.7. The van der Waals surface area contributed by atoms with E-state index in [1.807, 2.05) is 6.07 Å². The summed E-state index contributed by atoms with van der Waals surface area (Å²) in [7, 11) is 1.59. The molecule has 290 valence electrons. The van der Waals surface area contributed by atoms with E-state index in [1.165, 1.54) is 39.0 Å². The van der Waals surface area contributed by atoms with Gasteiger partial charge in [-0.3, -0.25) is 9.79 Å². The molecule has 1 aromatic rings. The molecular formula is C40H63N5O7. The molecular weight excluding hydrogens is 662 g/mol. The topological polar surface area (TPSA) is 191 Å². The number of aliphatic hydroxyl groups is 3. The first-order chi connectivity index (χ1) is 24.9. The molecule has 1 saturated heterocycles. The number of esters is 1. The van der Waals surface area contributed by atoms with Crippen molar-refractivity contribution in [3.63, 3.8) is 0 Å². The smallest absolute Gasteiger partial charge is 0.302 e. The molecule has 4 bridgehead atoms. The van der Waals surface area contributed by atoms with E-state index in [0.717, 1.165) is 44.3 Å². The van der Waals surface area contributed by atoms with Gasteiger partial charge in [0.25, 0.3) is 0 Å². The van der Waals surface area contributed by atoms with Crippen LogP contribution in [0.15, 0.2) is 17.1 Å². The summed E-state index contributed by atoms with van der Waals surface area (Å²) >= 11 is 0. The first-order valence-corrected chi connectivity index (χ1v) is 19.6. The monoisotopic (exact) mass is 725 g/mol. The molecule has 2 heterocycles. The maximum absolute atomic E-state index is 12.6. The van der Waals surface area contributed by atoms with Crippen LogP contribution in [-0.2, 0) is 22.6 Å². The lowest BCUT2D eigenvalue weighted by molar-refractivity contribution is -0.152. The Labute approximate surface area is 309 Å². The average Bonchev–Trinajstić information content (AvgIpc) is 3.13. The van der Waals surface area contributed by atoms with Crippen LogP contribution in [-0.4, -0.2) is 95.0 Å². The highest BCUT2D eigenvalue weighted by atomic mass is 16.5. The van der Waals surface area contributed by atoms with E-state index in [0.29, 0.717) is 43.0 Å². The third-order valence-corrected chi connectivity index (χ3v) is 12.2. The van der Waals surface area contributed by atoms with Crippen molar-refractivity contribution in [3.05, 3.63) is 23.3 Å². The van der Waals surface area contributed by atoms with Crippen LogP contribution in [0.3, 0.4) is 0 Å². The maximum Gasteiger partial charge on any atom is 0.302 e. The highest BCUT2D eigenvalue weighted by molar-refractivity contribution is 5.77. The zero-order valence-corrected chi connectivity index (χ0v) is 31.5. The van der Waals surface area contributed by atoms with Crippen LogP contribution in [0.2, 0.25) is 0 Å². The number of nitrogens with two attached hydrogens (primary N) is 1. The Hall–Kier alpha value is -3.08. The SMILES string of the molecule is CN=C(N)NC[C@@]1([C@H](C)O)C#C[C@H]2CCC[C@]3(CNC4CCCCC4)C[C@H](CCN3)Oc3cc(c(CO)cc3O)C[C@@H]2[C@@H](OC(C)=O)C[C@@H](O)CC1. The maximum atomic E-state index is 12.6. The largest absolute Gasteiger partial charge is 0.504 e. The fraction of sp³-hybridized carbons (Fsp3) is 0.750. The summed E-state index contributed by atoms with van der Waals surface area (Å²) in [5.74, 6) is 6.57. The van der Waals surface area contributed by atoms with E-state index < -0.39 is 29.7 Å². The lowest BCUT2D eigenvalue weighted by atomic mass is 9.72. The second-order valence-electron chi connectivity index (χ2n) is 15.9. The van der Waals surface area contributed by atoms with Crippen LogP contribution in [0, 0.1) is 29.1 Å². The van der Waals surface area contributed by atoms with Gasteiger partial charge in [-0.05, 0) is 88.1 Å². The Bertz CT molecular complexity index is 1440. The first kappa shape index (κ1) is 40.1. The summed E-state index contributed by atoms with van der Waals surface area (Å²) in [4.78, 5) is 16.7. The summed E-state index contributed by atoms with van der Waals surface area (Å²) in [6.45, 7) is 4.64. The number of rotatable bonds is 8. The van der Waals surface area contributed by atoms with E-state index in [1.54, 1.807) is 20.0 Å². The molecule has 2 fully saturated rings. The molecule has 0 unspecified atom stereocenters. The lowest BCUT2D eigenvalue weighted by Crippen LogP contribution is -2.60. The standard InChI is InChI=1S/C40H63N5O7/c1-26(47)39(24-44-38(41)42-3)15-11-28-8-7-14-40(25-43-31-9-5-4-6-10-31)22-33(13-17-45-40)52-37-20-29(30(23-46)19-35(37)50)18-34(28)36(51-27(2)48)21-32(49)12-16-39/h19-20,26,28,31-34,36,43,45-47,49-50H,4-10,12-14,16-18,21-25H2,1-3H3,(H3,41,42,44)/t26-,28+,32-,33-,34-,36-,39+,40+/m0/s1. The minimum Gasteiger partial charge on any atom is -0.504 e. The number of hydrogen-bond donors (Lipinski definition) is 8. The molecule has 12 heteroatoms. The molecule has 1 saturated carbocycles. The number of guanidine groups is 1. The van der Waals surface area contributed by atoms with Crippen LogP contribution >= 0.6 is 0 Å². The molecule has 0 aromatic heterocycles. The van der Waals surface area contributed by atoms with Crippen molar-refractivity contribution in [2.45, 2.75) is 146 Å². The molecule has 9 N–H and O–H groups in total. The number of nitrogens with one attached hydrogen (secondary N) is 3. The number of aliphatic imine (C=N–C) groups is 1. The third kappa shape index (κ3) is 10.3. The number of phenolic OH excluding ortho intramolecular Hbond substituents is 1. The molecule has 0 radical (unpaired) electrons. The number of hydrogen-bond acceptors (Lipinski definition) is 10. The molecule has 8 atom stereocenters. The minimum absolute atomic E-state index is 0.0227. The van der Waals surface area contributed by atoms with Crippen LogP contribution in [0.25, 0.3) is 0 Å². The Morgan fingerprint density at radius 3 is 2.65 bits per heavy atom. The number of ether oxygens (including phenoxy) is 2. The van der Waals surface area contributed by atoms with Gasteiger partial charge in [0.2, 0.25) is 0 Å². The highest BCUT2D eigenvalue weighted by Gasteiger charge is 2.41. The molecule has 5 rings (SSSR count). The molecule has 0 amide bonds. The van der Waals surface area contributed by atoms with Gasteiger partial charge in [0.1, 0.15) is 12.2 Å². The summed E-state index contributed by atoms with van der Waals surface area (Å²) in [5, 5.41) is 55.3. The van der Waals surface area contributed by atoms with Crippen molar-refractivity contribution in [2.75, 3.05) is 26.7 Å². The van der Waals surface area contributed by atoms with Gasteiger partial charge in [0.15, 0.2) is 17.5 Å². The van der Waals surface area contributed by atoms with Gasteiger partial charge in [0.05, 0.1) is 24.2 Å². The molecule has 2 aliphatic heterocycles. The molecule has 1 aromatic carbocycles. The molecule has 2 aliphatic carbocycles. The van der Waals surface area contributed by atoms with E-state index in [9.17, 15) is 25.2 Å². The predicted molar refractivity (Wildman–Crippen MR) is 201 cm³/mol. The lowest BCUT2D eigenvalue weighted by Gasteiger charge is -2.43. The van der Waals surface area contributed by atoms with Gasteiger partial charge in [-0.2, -0.15) is 0 Å². The number of benzene rings is 1. The van der Waals surface area contributed by atoms with Gasteiger partial charge in [-0.25, -0.2) is 0 Å². The fourth-order valence-corrected chi connectivity index (χ4v) is 8.93. The zero-order chi connectivity index (χ0) is 37.3. The Morgan fingerprint density at radius 1 is 1.15 bits per heavy atom. The van der Waals surface area contributed by atoms with Gasteiger partial charge in [0, 0.05) is 63.3 Å². The van der Waals surface area contributed by atoms with Crippen molar-refractivity contribution in [1.82, 2.24) is 16.0 Å². The van der Waals surface area contributed by atoms with Crippen LogP contribution in [0.1, 0.15) is 108 Å². The summed E-state index contributed by atoms with van der Waals surface area (Å²) in [6.07, 6.45) is 8.88. The van der Waals surface area contributed by atoms with Crippen molar-refractivity contribution >= 4 is 11.9 Å². The van der Waals surface area contributed by atoms with Crippen molar-refractivity contribution in [2.24, 2.45) is 28.0 Å². The van der Waals surface area contributed by atoms with Crippen LogP contribution in [0.5, 0.6) is 11.5 Å². The van der Waals surface area contributed by atoms with Crippen LogP contribution < -0.4 is 26.4 Å². The number of piperidine rings is 1. The van der Waals surface area contributed by atoms with Crippen molar-refractivity contribution in [3.8, 4) is 23.3 Å². The Morgan fingerprint density at radius 2 is 1.94 bits per heavy atom. The highest BCUT2D eigenvalue weighted by Crippen LogP contribution is 2.40. The molecule has 0 spiro atoms. The van der Waals surface area contributed by atoms with Crippen molar-refractivity contribution in [1.29, 1.82) is 0 Å². The van der Waals surface area contributed by atoms with Gasteiger partial charge in [-0.1, -0.05) is 37.5 Å². The summed E-state index contributed by atoms with van der Waals surface area (Å²) in [5.41, 5.74) is 6.17. The van der Waals surface area contributed by atoms with E-state index in [2.05, 4.69) is 32.8 Å². The molecule has 52 heavy (non-hydrogen) atoms. The van der Waals surface area contributed by atoms with Crippen molar-refractivity contribution < 1.29 is 34.7 Å². The number of carbonyl (C=O) groups is 1. The number of aromatic hydroxyl groups is 1.